The zero-order chi connectivity index (χ0) is 11.4. The smallest absolute Gasteiger partial charge is 0.149 e. The first-order valence-electron chi connectivity index (χ1n) is 5.88. The fourth-order valence-corrected chi connectivity index (χ4v) is 2.25. The van der Waals surface area contributed by atoms with E-state index in [0.29, 0.717) is 11.6 Å². The third-order valence-corrected chi connectivity index (χ3v) is 3.15. The molecular formula is C12H19N3O. The molecule has 1 saturated carbocycles. The Bertz CT molecular complexity index is 343. The molecule has 0 saturated heterocycles. The number of hydrogen-bond acceptors (Lipinski definition) is 4. The van der Waals surface area contributed by atoms with Gasteiger partial charge in [-0.3, -0.25) is 0 Å². The van der Waals surface area contributed by atoms with Crippen molar-refractivity contribution in [2.24, 2.45) is 5.92 Å². The lowest BCUT2D eigenvalue weighted by Gasteiger charge is -2.26. The van der Waals surface area contributed by atoms with Crippen molar-refractivity contribution in [3.05, 3.63) is 18.3 Å². The van der Waals surface area contributed by atoms with Gasteiger partial charge in [0.1, 0.15) is 5.82 Å². The number of aliphatic hydroxyl groups is 1. The quantitative estimate of drug-likeness (QED) is 0.725. The topological polar surface area (TPSA) is 71.2 Å². The minimum Gasteiger partial charge on any atom is -0.396 e. The Kier molecular flexibility index (Phi) is 3.62. The van der Waals surface area contributed by atoms with Crippen molar-refractivity contribution in [2.45, 2.75) is 31.8 Å². The van der Waals surface area contributed by atoms with Crippen LogP contribution in [0.1, 0.15) is 25.7 Å². The summed E-state index contributed by atoms with van der Waals surface area (Å²) < 4.78 is 0. The van der Waals surface area contributed by atoms with E-state index in [2.05, 4.69) is 10.3 Å². The third kappa shape index (κ3) is 2.85. The van der Waals surface area contributed by atoms with Crippen molar-refractivity contribution >= 4 is 11.5 Å². The van der Waals surface area contributed by atoms with Gasteiger partial charge in [-0.25, -0.2) is 4.98 Å². The van der Waals surface area contributed by atoms with E-state index in [9.17, 15) is 5.11 Å². The van der Waals surface area contributed by atoms with E-state index in [4.69, 9.17) is 5.73 Å². The summed E-state index contributed by atoms with van der Waals surface area (Å²) in [4.78, 5) is 4.18. The van der Waals surface area contributed by atoms with Crippen LogP contribution in [0.5, 0.6) is 0 Å². The molecule has 1 heterocycles. The SMILES string of the molecule is Nc1cccnc1NCC1CCCC(O)C1. The fraction of sp³-hybridized carbons (Fsp3) is 0.583. The first-order valence-corrected chi connectivity index (χ1v) is 5.88. The Balaban J connectivity index is 1.85. The van der Waals surface area contributed by atoms with Crippen molar-refractivity contribution in [3.63, 3.8) is 0 Å². The Morgan fingerprint density at radius 1 is 1.50 bits per heavy atom. The summed E-state index contributed by atoms with van der Waals surface area (Å²) in [5, 5.41) is 12.8. The van der Waals surface area contributed by atoms with E-state index in [1.807, 2.05) is 12.1 Å². The van der Waals surface area contributed by atoms with Crippen molar-refractivity contribution in [1.82, 2.24) is 4.98 Å². The highest BCUT2D eigenvalue weighted by Crippen LogP contribution is 2.25. The second-order valence-electron chi connectivity index (χ2n) is 4.51. The molecule has 4 nitrogen and oxygen atoms in total. The molecule has 1 aliphatic carbocycles. The molecule has 0 amide bonds. The molecule has 1 aliphatic rings. The number of pyridine rings is 1. The molecule has 16 heavy (non-hydrogen) atoms. The van der Waals surface area contributed by atoms with E-state index in [1.54, 1.807) is 6.20 Å². The maximum Gasteiger partial charge on any atom is 0.149 e. The summed E-state index contributed by atoms with van der Waals surface area (Å²) in [5.74, 6) is 1.28. The van der Waals surface area contributed by atoms with Crippen LogP contribution < -0.4 is 11.1 Å². The van der Waals surface area contributed by atoms with Gasteiger partial charge in [-0.15, -0.1) is 0 Å². The van der Waals surface area contributed by atoms with E-state index >= 15 is 0 Å². The number of nitrogens with two attached hydrogens (primary N) is 1. The average Bonchev–Trinajstić information content (AvgIpc) is 2.28. The van der Waals surface area contributed by atoms with E-state index in [1.165, 1.54) is 6.42 Å². The molecule has 0 aliphatic heterocycles. The normalized spacial score (nSPS) is 25.3. The molecule has 0 radical (unpaired) electrons. The third-order valence-electron chi connectivity index (χ3n) is 3.15. The first-order chi connectivity index (χ1) is 7.75. The minimum absolute atomic E-state index is 0.123. The number of nitrogen functional groups attached to an aromatic ring is 1. The molecule has 0 spiro atoms. The van der Waals surface area contributed by atoms with Gasteiger partial charge in [0.05, 0.1) is 11.8 Å². The molecule has 1 aromatic heterocycles. The zero-order valence-electron chi connectivity index (χ0n) is 9.39. The lowest BCUT2D eigenvalue weighted by atomic mass is 9.87. The summed E-state index contributed by atoms with van der Waals surface area (Å²) in [5.41, 5.74) is 6.47. The maximum atomic E-state index is 9.56. The van der Waals surface area contributed by atoms with Gasteiger partial charge in [-0.05, 0) is 37.3 Å². The number of rotatable bonds is 3. The lowest BCUT2D eigenvalue weighted by molar-refractivity contribution is 0.104. The first kappa shape index (κ1) is 11.2. The molecule has 4 heteroatoms. The largest absolute Gasteiger partial charge is 0.396 e. The summed E-state index contributed by atoms with van der Waals surface area (Å²) >= 11 is 0. The average molecular weight is 221 g/mol. The Hall–Kier alpha value is -1.29. The van der Waals surface area contributed by atoms with Gasteiger partial charge in [-0.1, -0.05) is 6.42 Å². The highest BCUT2D eigenvalue weighted by Gasteiger charge is 2.19. The zero-order valence-corrected chi connectivity index (χ0v) is 9.39. The fourth-order valence-electron chi connectivity index (χ4n) is 2.25. The second kappa shape index (κ2) is 5.16. The maximum absolute atomic E-state index is 9.56. The molecule has 2 atom stereocenters. The number of aliphatic hydroxyl groups excluding tert-OH is 1. The number of nitrogens with one attached hydrogen (secondary N) is 1. The van der Waals surface area contributed by atoms with Crippen molar-refractivity contribution in [2.75, 3.05) is 17.6 Å². The van der Waals surface area contributed by atoms with Gasteiger partial charge < -0.3 is 16.2 Å². The molecule has 2 unspecified atom stereocenters. The van der Waals surface area contributed by atoms with Gasteiger partial charge in [0.15, 0.2) is 0 Å². The summed E-state index contributed by atoms with van der Waals surface area (Å²) in [6, 6.07) is 3.66. The molecular weight excluding hydrogens is 202 g/mol. The van der Waals surface area contributed by atoms with E-state index in [0.717, 1.165) is 31.6 Å². The van der Waals surface area contributed by atoms with Crippen LogP contribution in [0.2, 0.25) is 0 Å². The summed E-state index contributed by atoms with van der Waals surface area (Å²) in [7, 11) is 0. The number of aromatic nitrogens is 1. The highest BCUT2D eigenvalue weighted by atomic mass is 16.3. The second-order valence-corrected chi connectivity index (χ2v) is 4.51. The Labute approximate surface area is 95.9 Å². The van der Waals surface area contributed by atoms with Crippen molar-refractivity contribution in [3.8, 4) is 0 Å². The van der Waals surface area contributed by atoms with Crippen molar-refractivity contribution in [1.29, 1.82) is 0 Å². The van der Waals surface area contributed by atoms with Gasteiger partial charge >= 0.3 is 0 Å². The van der Waals surface area contributed by atoms with Crippen LogP contribution in [-0.2, 0) is 0 Å². The van der Waals surface area contributed by atoms with E-state index in [-0.39, 0.29) is 6.10 Å². The lowest BCUT2D eigenvalue weighted by Crippen LogP contribution is -2.25. The summed E-state index contributed by atoms with van der Waals surface area (Å²) in [6.07, 6.45) is 5.74. The van der Waals surface area contributed by atoms with Crippen LogP contribution in [0.3, 0.4) is 0 Å². The number of anilines is 2. The van der Waals surface area contributed by atoms with Crippen LogP contribution in [0.15, 0.2) is 18.3 Å². The minimum atomic E-state index is -0.123. The standard InChI is InChI=1S/C12H19N3O/c13-11-5-2-6-14-12(11)15-8-9-3-1-4-10(16)7-9/h2,5-6,9-10,16H,1,3-4,7-8,13H2,(H,14,15). The molecule has 1 fully saturated rings. The number of hydrogen-bond donors (Lipinski definition) is 3. The van der Waals surface area contributed by atoms with Crippen LogP contribution in [0, 0.1) is 5.92 Å². The molecule has 88 valence electrons. The molecule has 2 rings (SSSR count). The van der Waals surface area contributed by atoms with Crippen LogP contribution in [-0.4, -0.2) is 22.7 Å². The monoisotopic (exact) mass is 221 g/mol. The highest BCUT2D eigenvalue weighted by molar-refractivity contribution is 5.60. The predicted molar refractivity (Wildman–Crippen MR) is 65.1 cm³/mol. The van der Waals surface area contributed by atoms with Gasteiger partial charge in [-0.2, -0.15) is 0 Å². The van der Waals surface area contributed by atoms with Crippen LogP contribution >= 0.6 is 0 Å². The van der Waals surface area contributed by atoms with Crippen LogP contribution in [0.25, 0.3) is 0 Å². The summed E-state index contributed by atoms with van der Waals surface area (Å²) in [6.45, 7) is 0.846. The van der Waals surface area contributed by atoms with Gasteiger partial charge in [0, 0.05) is 12.7 Å². The molecule has 1 aromatic rings. The van der Waals surface area contributed by atoms with Crippen LogP contribution in [0.4, 0.5) is 11.5 Å². The number of nitrogens with zero attached hydrogens (tertiary/aromatic N) is 1. The molecule has 0 aromatic carbocycles. The molecule has 4 N–H and O–H groups in total. The van der Waals surface area contributed by atoms with Gasteiger partial charge in [0.2, 0.25) is 0 Å². The predicted octanol–water partition coefficient (Wildman–Crippen LogP) is 1.63. The Morgan fingerprint density at radius 2 is 2.38 bits per heavy atom. The van der Waals surface area contributed by atoms with Gasteiger partial charge in [0.25, 0.3) is 0 Å². The van der Waals surface area contributed by atoms with Crippen molar-refractivity contribution < 1.29 is 5.11 Å². The molecule has 0 bridgehead atoms. The Morgan fingerprint density at radius 3 is 3.12 bits per heavy atom. The van der Waals surface area contributed by atoms with E-state index < -0.39 is 0 Å².